The monoisotopic (exact) mass is 296 g/mol. The van der Waals surface area contributed by atoms with Gasteiger partial charge < -0.3 is 25.3 Å². The van der Waals surface area contributed by atoms with Gasteiger partial charge in [0.25, 0.3) is 5.91 Å². The normalized spacial score (nSPS) is 11.6. The average molecular weight is 296 g/mol. The summed E-state index contributed by atoms with van der Waals surface area (Å²) in [6, 6.07) is 4.36. The molecule has 0 aliphatic carbocycles. The lowest BCUT2D eigenvalue weighted by atomic mass is 10.2. The standard InChI is InChI=1S/C14H20N2O5/c1-9(7-19-2)16-13(17)8-21-14(18)10-4-5-12(20-3)11(15)6-10/h4-6,9H,7-8,15H2,1-3H3,(H,16,17). The molecule has 0 aliphatic rings. The van der Waals surface area contributed by atoms with Gasteiger partial charge in [0.2, 0.25) is 0 Å². The highest BCUT2D eigenvalue weighted by Crippen LogP contribution is 2.22. The van der Waals surface area contributed by atoms with Crippen molar-refractivity contribution >= 4 is 17.6 Å². The maximum absolute atomic E-state index is 11.8. The summed E-state index contributed by atoms with van der Waals surface area (Å²) in [6.07, 6.45) is 0. The van der Waals surface area contributed by atoms with Crippen LogP contribution in [0.5, 0.6) is 5.75 Å². The third-order valence-corrected chi connectivity index (χ3v) is 2.62. The molecule has 0 saturated carbocycles. The number of ether oxygens (including phenoxy) is 3. The zero-order valence-corrected chi connectivity index (χ0v) is 12.3. The topological polar surface area (TPSA) is 99.9 Å². The van der Waals surface area contributed by atoms with Crippen molar-refractivity contribution in [2.45, 2.75) is 13.0 Å². The van der Waals surface area contributed by atoms with E-state index in [1.807, 2.05) is 0 Å². The van der Waals surface area contributed by atoms with E-state index in [9.17, 15) is 9.59 Å². The Balaban J connectivity index is 2.50. The molecule has 116 valence electrons. The van der Waals surface area contributed by atoms with Gasteiger partial charge in [-0.3, -0.25) is 4.79 Å². The number of amides is 1. The number of rotatable bonds is 7. The summed E-state index contributed by atoms with van der Waals surface area (Å²) in [4.78, 5) is 23.3. The van der Waals surface area contributed by atoms with Crippen LogP contribution < -0.4 is 15.8 Å². The highest BCUT2D eigenvalue weighted by Gasteiger charge is 2.13. The predicted molar refractivity (Wildman–Crippen MR) is 77.2 cm³/mol. The molecule has 0 heterocycles. The van der Waals surface area contributed by atoms with Crippen molar-refractivity contribution in [2.24, 2.45) is 0 Å². The molecule has 1 amide bonds. The summed E-state index contributed by atoms with van der Waals surface area (Å²) < 4.78 is 14.8. The third-order valence-electron chi connectivity index (χ3n) is 2.62. The van der Waals surface area contributed by atoms with E-state index in [-0.39, 0.29) is 18.2 Å². The second kappa shape index (κ2) is 8.11. The number of nitrogens with two attached hydrogens (primary N) is 1. The van der Waals surface area contributed by atoms with Crippen molar-refractivity contribution in [3.63, 3.8) is 0 Å². The van der Waals surface area contributed by atoms with E-state index in [0.29, 0.717) is 18.0 Å². The van der Waals surface area contributed by atoms with Gasteiger partial charge in [-0.2, -0.15) is 0 Å². The van der Waals surface area contributed by atoms with Crippen molar-refractivity contribution < 1.29 is 23.8 Å². The highest BCUT2D eigenvalue weighted by molar-refractivity contribution is 5.92. The van der Waals surface area contributed by atoms with E-state index in [4.69, 9.17) is 19.9 Å². The van der Waals surface area contributed by atoms with Gasteiger partial charge in [0.15, 0.2) is 6.61 Å². The molecule has 7 nitrogen and oxygen atoms in total. The van der Waals surface area contributed by atoms with E-state index in [0.717, 1.165) is 0 Å². The first-order valence-corrected chi connectivity index (χ1v) is 6.36. The molecule has 21 heavy (non-hydrogen) atoms. The van der Waals surface area contributed by atoms with Crippen LogP contribution in [-0.2, 0) is 14.3 Å². The van der Waals surface area contributed by atoms with Gasteiger partial charge in [-0.25, -0.2) is 4.79 Å². The molecular weight excluding hydrogens is 276 g/mol. The van der Waals surface area contributed by atoms with Crippen molar-refractivity contribution in [3.8, 4) is 5.75 Å². The lowest BCUT2D eigenvalue weighted by Gasteiger charge is -2.13. The van der Waals surface area contributed by atoms with Gasteiger partial charge in [0.05, 0.1) is 25.0 Å². The van der Waals surface area contributed by atoms with Crippen molar-refractivity contribution in [1.29, 1.82) is 0 Å². The van der Waals surface area contributed by atoms with Crippen molar-refractivity contribution in [1.82, 2.24) is 5.32 Å². The predicted octanol–water partition coefficient (Wildman–Crippen LogP) is 0.585. The highest BCUT2D eigenvalue weighted by atomic mass is 16.5. The van der Waals surface area contributed by atoms with Gasteiger partial charge in [-0.15, -0.1) is 0 Å². The second-order valence-electron chi connectivity index (χ2n) is 4.46. The largest absolute Gasteiger partial charge is 0.495 e. The Kier molecular flexibility index (Phi) is 6.48. The van der Waals surface area contributed by atoms with Crippen LogP contribution >= 0.6 is 0 Å². The summed E-state index contributed by atoms with van der Waals surface area (Å²) in [5, 5.41) is 2.63. The van der Waals surface area contributed by atoms with E-state index in [1.54, 1.807) is 13.0 Å². The van der Waals surface area contributed by atoms with Gasteiger partial charge in [-0.05, 0) is 25.1 Å². The molecule has 1 rings (SSSR count). The minimum Gasteiger partial charge on any atom is -0.495 e. The van der Waals surface area contributed by atoms with Gasteiger partial charge in [0, 0.05) is 13.2 Å². The molecular formula is C14H20N2O5. The molecule has 7 heteroatoms. The number of methoxy groups -OCH3 is 2. The Bertz CT molecular complexity index is 504. The minimum absolute atomic E-state index is 0.155. The summed E-state index contributed by atoms with van der Waals surface area (Å²) >= 11 is 0. The van der Waals surface area contributed by atoms with Crippen LogP contribution in [0, 0.1) is 0 Å². The Labute approximate surface area is 123 Å². The Morgan fingerprint density at radius 3 is 2.62 bits per heavy atom. The van der Waals surface area contributed by atoms with E-state index < -0.39 is 11.9 Å². The number of carbonyl (C=O) groups is 2. The summed E-state index contributed by atoms with van der Waals surface area (Å²) in [5.74, 6) is -0.550. The fourth-order valence-electron chi connectivity index (χ4n) is 1.68. The zero-order valence-electron chi connectivity index (χ0n) is 12.3. The minimum atomic E-state index is -0.626. The first-order chi connectivity index (χ1) is 9.97. The van der Waals surface area contributed by atoms with Gasteiger partial charge >= 0.3 is 5.97 Å². The summed E-state index contributed by atoms with van der Waals surface area (Å²) in [6.45, 7) is 1.81. The molecule has 0 bridgehead atoms. The van der Waals surface area contributed by atoms with Crippen LogP contribution in [-0.4, -0.2) is 45.4 Å². The molecule has 0 radical (unpaired) electrons. The van der Waals surface area contributed by atoms with Crippen LogP contribution in [0.4, 0.5) is 5.69 Å². The first kappa shape index (κ1) is 16.8. The van der Waals surface area contributed by atoms with Gasteiger partial charge in [-0.1, -0.05) is 0 Å². The van der Waals surface area contributed by atoms with Crippen molar-refractivity contribution in [2.75, 3.05) is 33.2 Å². The molecule has 0 aromatic heterocycles. The number of benzene rings is 1. The molecule has 1 atom stereocenters. The molecule has 0 aliphatic heterocycles. The summed E-state index contributed by atoms with van der Waals surface area (Å²) in [5.41, 5.74) is 6.28. The molecule has 3 N–H and O–H groups in total. The lowest BCUT2D eigenvalue weighted by molar-refractivity contribution is -0.125. The van der Waals surface area contributed by atoms with Crippen LogP contribution in [0.25, 0.3) is 0 Å². The number of carbonyl (C=O) groups excluding carboxylic acids is 2. The number of nitrogens with one attached hydrogen (secondary N) is 1. The maximum atomic E-state index is 11.8. The smallest absolute Gasteiger partial charge is 0.338 e. The lowest BCUT2D eigenvalue weighted by Crippen LogP contribution is -2.38. The second-order valence-corrected chi connectivity index (χ2v) is 4.46. The van der Waals surface area contributed by atoms with Gasteiger partial charge in [0.1, 0.15) is 5.75 Å². The number of nitrogen functional groups attached to an aromatic ring is 1. The SMILES string of the molecule is COCC(C)NC(=O)COC(=O)c1ccc(OC)c(N)c1. The van der Waals surface area contributed by atoms with Crippen LogP contribution in [0.15, 0.2) is 18.2 Å². The zero-order chi connectivity index (χ0) is 15.8. The number of hydrogen-bond donors (Lipinski definition) is 2. The van der Waals surface area contributed by atoms with Crippen LogP contribution in [0.3, 0.4) is 0 Å². The van der Waals surface area contributed by atoms with Crippen LogP contribution in [0.2, 0.25) is 0 Å². The number of anilines is 1. The maximum Gasteiger partial charge on any atom is 0.338 e. The quantitative estimate of drug-likeness (QED) is 0.564. The van der Waals surface area contributed by atoms with E-state index in [2.05, 4.69) is 5.32 Å². The molecule has 1 aromatic carbocycles. The summed E-state index contributed by atoms with van der Waals surface area (Å²) in [7, 11) is 3.02. The molecule has 0 saturated heterocycles. The van der Waals surface area contributed by atoms with E-state index >= 15 is 0 Å². The fraction of sp³-hybridized carbons (Fsp3) is 0.429. The first-order valence-electron chi connectivity index (χ1n) is 6.36. The number of hydrogen-bond acceptors (Lipinski definition) is 6. The molecule has 1 aromatic rings. The third kappa shape index (κ3) is 5.31. The van der Waals surface area contributed by atoms with E-state index in [1.165, 1.54) is 26.4 Å². The Hall–Kier alpha value is -2.28. The van der Waals surface area contributed by atoms with Crippen molar-refractivity contribution in [3.05, 3.63) is 23.8 Å². The van der Waals surface area contributed by atoms with Crippen LogP contribution in [0.1, 0.15) is 17.3 Å². The fourth-order valence-corrected chi connectivity index (χ4v) is 1.68. The number of esters is 1. The Morgan fingerprint density at radius 1 is 1.33 bits per heavy atom. The molecule has 0 spiro atoms. The molecule has 0 fully saturated rings. The average Bonchev–Trinajstić information content (AvgIpc) is 2.44. The Morgan fingerprint density at radius 2 is 2.05 bits per heavy atom. The molecule has 1 unspecified atom stereocenters.